The Morgan fingerprint density at radius 1 is 0.711 bits per heavy atom. The summed E-state index contributed by atoms with van der Waals surface area (Å²) in [5.41, 5.74) is 10.8. The smallest absolute Gasteiger partial charge is 0.148 e. The number of allylic oxidation sites excluding steroid dienone is 7. The molecule has 0 unspecified atom stereocenters. The Morgan fingerprint density at radius 3 is 2.50 bits per heavy atom. The van der Waals surface area contributed by atoms with Crippen molar-refractivity contribution in [3.05, 3.63) is 122 Å². The quantitative estimate of drug-likeness (QED) is 0.280. The van der Waals surface area contributed by atoms with Gasteiger partial charge in [0.25, 0.3) is 0 Å². The summed E-state index contributed by atoms with van der Waals surface area (Å²) in [7, 11) is 0. The van der Waals surface area contributed by atoms with E-state index in [9.17, 15) is 0 Å². The average molecular weight is 493 g/mol. The van der Waals surface area contributed by atoms with Gasteiger partial charge in [0.2, 0.25) is 0 Å². The summed E-state index contributed by atoms with van der Waals surface area (Å²) in [5.74, 6) is 0. The third-order valence-corrected chi connectivity index (χ3v) is 6.75. The molecule has 1 N–H and O–H groups in total. The van der Waals surface area contributed by atoms with Gasteiger partial charge in [0.1, 0.15) is 5.65 Å². The third kappa shape index (κ3) is 3.62. The molecule has 0 spiro atoms. The Hall–Kier alpha value is -5.23. The van der Waals surface area contributed by atoms with E-state index in [1.54, 1.807) is 0 Å². The molecule has 0 amide bonds. The highest BCUT2D eigenvalue weighted by Crippen LogP contribution is 2.36. The van der Waals surface area contributed by atoms with Crippen LogP contribution in [0.1, 0.15) is 6.42 Å². The number of benzene rings is 2. The number of pyridine rings is 2. The highest BCUT2D eigenvalue weighted by atomic mass is 15.3. The highest BCUT2D eigenvalue weighted by molar-refractivity contribution is 6.18. The van der Waals surface area contributed by atoms with Crippen molar-refractivity contribution in [3.63, 3.8) is 0 Å². The van der Waals surface area contributed by atoms with Crippen LogP contribution in [-0.2, 0) is 0 Å². The Balaban J connectivity index is 1.57. The first kappa shape index (κ1) is 22.0. The fourth-order valence-electron chi connectivity index (χ4n) is 5.12. The lowest BCUT2D eigenvalue weighted by Crippen LogP contribution is -2.03. The van der Waals surface area contributed by atoms with Gasteiger partial charge in [-0.3, -0.25) is 15.0 Å². The normalized spacial score (nSPS) is 18.9. The fraction of sp³-hybridized carbons (Fsp3) is 0.0312. The summed E-state index contributed by atoms with van der Waals surface area (Å²) in [5, 5.41) is 6.54. The first-order valence-corrected chi connectivity index (χ1v) is 12.6. The number of aromatic nitrogens is 4. The molecule has 0 bridgehead atoms. The molecule has 6 nitrogen and oxygen atoms in total. The zero-order chi connectivity index (χ0) is 25.3. The van der Waals surface area contributed by atoms with E-state index in [4.69, 9.17) is 9.97 Å². The minimum Gasteiger partial charge on any atom is -0.308 e. The summed E-state index contributed by atoms with van der Waals surface area (Å²) < 4.78 is 4.43. The number of para-hydroxylation sites is 2. The summed E-state index contributed by atoms with van der Waals surface area (Å²) in [6.07, 6.45) is 18.6. The van der Waals surface area contributed by atoms with Crippen LogP contribution in [0.2, 0.25) is 0 Å². The molecular formula is C32H24N6. The summed E-state index contributed by atoms with van der Waals surface area (Å²) in [4.78, 5) is 10.1. The maximum atomic E-state index is 5.32. The molecule has 6 aromatic rings. The number of hydrogen-bond acceptors (Lipinski definition) is 4. The van der Waals surface area contributed by atoms with Crippen LogP contribution in [0.5, 0.6) is 0 Å². The van der Waals surface area contributed by atoms with E-state index in [2.05, 4.69) is 105 Å². The second-order valence-electron chi connectivity index (χ2n) is 9.05. The molecule has 0 fully saturated rings. The average Bonchev–Trinajstić information content (AvgIpc) is 3.45. The van der Waals surface area contributed by atoms with E-state index in [0.717, 1.165) is 61.8 Å². The van der Waals surface area contributed by atoms with Gasteiger partial charge in [-0.1, -0.05) is 60.7 Å². The van der Waals surface area contributed by atoms with Crippen molar-refractivity contribution in [1.82, 2.24) is 24.5 Å². The van der Waals surface area contributed by atoms with Gasteiger partial charge in [-0.15, -0.1) is 0 Å². The van der Waals surface area contributed by atoms with E-state index >= 15 is 0 Å². The van der Waals surface area contributed by atoms with Gasteiger partial charge in [-0.25, -0.2) is 4.98 Å². The molecular weight excluding hydrogens is 468 g/mol. The SMILES string of the molecule is C1=C\C/C=C/C=C(n2c3cccnc3c3cc4c(nc32)c2ccccc2n4-c2ccccc2)\C=N/N\C=C/1. The summed E-state index contributed by atoms with van der Waals surface area (Å²) in [6.45, 7) is 0. The molecule has 1 aliphatic rings. The largest absolute Gasteiger partial charge is 0.308 e. The second kappa shape index (κ2) is 9.33. The predicted octanol–water partition coefficient (Wildman–Crippen LogP) is 7.13. The molecule has 182 valence electrons. The molecule has 7 rings (SSSR count). The van der Waals surface area contributed by atoms with E-state index in [1.807, 2.05) is 42.9 Å². The number of hydrogen-bond donors (Lipinski definition) is 1. The van der Waals surface area contributed by atoms with Crippen LogP contribution in [0.15, 0.2) is 127 Å². The van der Waals surface area contributed by atoms with Gasteiger partial charge in [-0.05, 0) is 55.0 Å². The first-order valence-electron chi connectivity index (χ1n) is 12.6. The topological polar surface area (TPSA) is 60.0 Å². The van der Waals surface area contributed by atoms with Gasteiger partial charge in [0.15, 0.2) is 0 Å². The molecule has 1 aliphatic heterocycles. The van der Waals surface area contributed by atoms with Crippen molar-refractivity contribution >= 4 is 55.9 Å². The van der Waals surface area contributed by atoms with Gasteiger partial charge in [0.05, 0.1) is 39.5 Å². The molecule has 0 saturated heterocycles. The lowest BCUT2D eigenvalue weighted by atomic mass is 10.2. The van der Waals surface area contributed by atoms with Crippen LogP contribution in [0, 0.1) is 0 Å². The minimum atomic E-state index is 0.843. The Kier molecular flexibility index (Phi) is 5.40. The van der Waals surface area contributed by atoms with Crippen molar-refractivity contribution in [2.45, 2.75) is 6.42 Å². The molecule has 6 heteroatoms. The summed E-state index contributed by atoms with van der Waals surface area (Å²) >= 11 is 0. The zero-order valence-corrected chi connectivity index (χ0v) is 20.6. The van der Waals surface area contributed by atoms with Gasteiger partial charge in [-0.2, -0.15) is 5.10 Å². The van der Waals surface area contributed by atoms with Crippen LogP contribution in [-0.4, -0.2) is 25.3 Å². The zero-order valence-electron chi connectivity index (χ0n) is 20.6. The predicted molar refractivity (Wildman–Crippen MR) is 157 cm³/mol. The lowest BCUT2D eigenvalue weighted by molar-refractivity contribution is 0.975. The first-order chi connectivity index (χ1) is 18.9. The Bertz CT molecular complexity index is 1970. The molecule has 38 heavy (non-hydrogen) atoms. The highest BCUT2D eigenvalue weighted by Gasteiger charge is 2.20. The molecule has 0 radical (unpaired) electrons. The maximum absolute atomic E-state index is 5.32. The number of nitrogens with one attached hydrogen (secondary N) is 1. The van der Waals surface area contributed by atoms with Crippen LogP contribution in [0.25, 0.3) is 55.4 Å². The Morgan fingerprint density at radius 2 is 1.55 bits per heavy atom. The molecule has 5 heterocycles. The van der Waals surface area contributed by atoms with E-state index in [-0.39, 0.29) is 0 Å². The van der Waals surface area contributed by atoms with Crippen LogP contribution >= 0.6 is 0 Å². The van der Waals surface area contributed by atoms with E-state index < -0.39 is 0 Å². The van der Waals surface area contributed by atoms with Crippen molar-refractivity contribution in [2.24, 2.45) is 5.10 Å². The van der Waals surface area contributed by atoms with Crippen LogP contribution < -0.4 is 5.43 Å². The summed E-state index contributed by atoms with van der Waals surface area (Å²) in [6, 6.07) is 25.2. The van der Waals surface area contributed by atoms with Gasteiger partial charge < -0.3 is 4.57 Å². The van der Waals surface area contributed by atoms with Gasteiger partial charge >= 0.3 is 0 Å². The van der Waals surface area contributed by atoms with Gasteiger partial charge in [0, 0.05) is 28.9 Å². The molecule has 0 atom stereocenters. The monoisotopic (exact) mass is 492 g/mol. The van der Waals surface area contributed by atoms with Crippen molar-refractivity contribution in [1.29, 1.82) is 0 Å². The number of fused-ring (bicyclic) bond motifs is 6. The standard InChI is InChI=1S/C32H24N6/c1-2-4-11-20-34-35-22-24(15-6-3-1)38-28-18-12-19-33-30(28)26-21-29-31(36-32(26)38)25-16-9-10-17-27(25)37(29)23-13-7-5-8-14-23/h2-22,34H,1H2/b4-2-,6-3+,20-11-,24-15+,35-22-. The third-order valence-electron chi connectivity index (χ3n) is 6.75. The second-order valence-corrected chi connectivity index (χ2v) is 9.05. The number of nitrogens with zero attached hydrogens (tertiary/aromatic N) is 5. The lowest BCUT2D eigenvalue weighted by Gasteiger charge is -2.08. The number of hydrazone groups is 1. The van der Waals surface area contributed by atoms with Crippen molar-refractivity contribution in [3.8, 4) is 5.69 Å². The van der Waals surface area contributed by atoms with Crippen molar-refractivity contribution < 1.29 is 0 Å². The Labute approximate surface area is 219 Å². The van der Waals surface area contributed by atoms with Crippen molar-refractivity contribution in [2.75, 3.05) is 0 Å². The van der Waals surface area contributed by atoms with Crippen LogP contribution in [0.4, 0.5) is 0 Å². The molecule has 4 aromatic heterocycles. The van der Waals surface area contributed by atoms with E-state index in [0.29, 0.717) is 0 Å². The molecule has 0 aliphatic carbocycles. The number of rotatable bonds is 2. The van der Waals surface area contributed by atoms with Crippen LogP contribution in [0.3, 0.4) is 0 Å². The maximum Gasteiger partial charge on any atom is 0.148 e. The van der Waals surface area contributed by atoms with E-state index in [1.165, 1.54) is 0 Å². The molecule has 0 saturated carbocycles. The minimum absolute atomic E-state index is 0.843. The molecule has 2 aromatic carbocycles. The fourth-order valence-corrected chi connectivity index (χ4v) is 5.12.